The highest BCUT2D eigenvalue weighted by Crippen LogP contribution is 2.34. The number of non-ortho nitro benzene ring substituents is 1. The van der Waals surface area contributed by atoms with Crippen LogP contribution in [0.4, 0.5) is 11.4 Å². The molecule has 1 N–H and O–H groups in total. The Bertz CT molecular complexity index is 758. The van der Waals surface area contributed by atoms with Gasteiger partial charge in [-0.15, -0.1) is 0 Å². The van der Waals surface area contributed by atoms with Crippen molar-refractivity contribution in [2.45, 2.75) is 25.9 Å². The minimum absolute atomic E-state index is 0.0264. The van der Waals surface area contributed by atoms with Crippen molar-refractivity contribution >= 4 is 17.3 Å². The molecule has 124 valence electrons. The van der Waals surface area contributed by atoms with Crippen molar-refractivity contribution in [3.8, 4) is 0 Å². The van der Waals surface area contributed by atoms with Gasteiger partial charge in [-0.05, 0) is 24.6 Å². The molecule has 1 heterocycles. The van der Waals surface area contributed by atoms with Crippen molar-refractivity contribution in [2.75, 3.05) is 11.9 Å². The molecule has 0 aromatic heterocycles. The van der Waals surface area contributed by atoms with Crippen LogP contribution < -0.4 is 5.32 Å². The van der Waals surface area contributed by atoms with Crippen LogP contribution in [0, 0.1) is 10.1 Å². The summed E-state index contributed by atoms with van der Waals surface area (Å²) < 4.78 is 0. The number of anilines is 1. The molecule has 0 aliphatic carbocycles. The first kappa shape index (κ1) is 16.0. The number of unbranched alkanes of at least 4 members (excludes halogenated alkanes) is 1. The van der Waals surface area contributed by atoms with E-state index < -0.39 is 4.92 Å². The van der Waals surface area contributed by atoms with Crippen molar-refractivity contribution in [1.29, 1.82) is 0 Å². The topological polar surface area (TPSA) is 75.5 Å². The number of amides is 1. The summed E-state index contributed by atoms with van der Waals surface area (Å²) in [4.78, 5) is 24.8. The Labute approximate surface area is 140 Å². The van der Waals surface area contributed by atoms with Crippen molar-refractivity contribution in [1.82, 2.24) is 4.90 Å². The first-order valence-electron chi connectivity index (χ1n) is 8.02. The smallest absolute Gasteiger partial charge is 0.269 e. The molecule has 3 rings (SSSR count). The Morgan fingerprint density at radius 1 is 1.17 bits per heavy atom. The quantitative estimate of drug-likeness (QED) is 0.644. The van der Waals surface area contributed by atoms with Gasteiger partial charge < -0.3 is 10.2 Å². The lowest BCUT2D eigenvalue weighted by molar-refractivity contribution is -0.384. The van der Waals surface area contributed by atoms with Gasteiger partial charge in [0.05, 0.1) is 4.92 Å². The lowest BCUT2D eigenvalue weighted by atomic mass is 10.1. The summed E-state index contributed by atoms with van der Waals surface area (Å²) in [5.74, 6) is 0.0264. The standard InChI is InChI=1S/C18H19N3O3/c1-2-3-12-20-17(15-6-4-5-7-16(15)18(20)22)19-13-8-10-14(11-9-13)21(23)24/h4-11,17,19H,2-3,12H2,1H3. The van der Waals surface area contributed by atoms with Crippen molar-refractivity contribution < 1.29 is 9.72 Å². The molecule has 1 atom stereocenters. The summed E-state index contributed by atoms with van der Waals surface area (Å²) >= 11 is 0. The molecule has 1 unspecified atom stereocenters. The molecule has 1 aliphatic heterocycles. The van der Waals surface area contributed by atoms with E-state index in [1.807, 2.05) is 29.2 Å². The highest BCUT2D eigenvalue weighted by molar-refractivity contribution is 5.99. The van der Waals surface area contributed by atoms with Gasteiger partial charge in [-0.3, -0.25) is 14.9 Å². The van der Waals surface area contributed by atoms with Gasteiger partial charge in [0.2, 0.25) is 0 Å². The molecule has 0 fully saturated rings. The van der Waals surface area contributed by atoms with E-state index in [0.717, 1.165) is 24.1 Å². The summed E-state index contributed by atoms with van der Waals surface area (Å²) in [5, 5.41) is 14.1. The number of hydrogen-bond acceptors (Lipinski definition) is 4. The zero-order chi connectivity index (χ0) is 17.1. The molecule has 0 spiro atoms. The van der Waals surface area contributed by atoms with Gasteiger partial charge in [0.25, 0.3) is 11.6 Å². The van der Waals surface area contributed by atoms with E-state index in [1.54, 1.807) is 12.1 Å². The fraction of sp³-hybridized carbons (Fsp3) is 0.278. The van der Waals surface area contributed by atoms with Crippen LogP contribution in [0.15, 0.2) is 48.5 Å². The summed E-state index contributed by atoms with van der Waals surface area (Å²) in [6.07, 6.45) is 1.68. The van der Waals surface area contributed by atoms with E-state index in [0.29, 0.717) is 12.1 Å². The Kier molecular flexibility index (Phi) is 4.46. The molecule has 0 radical (unpaired) electrons. The molecule has 1 aliphatic rings. The van der Waals surface area contributed by atoms with E-state index in [4.69, 9.17) is 0 Å². The van der Waals surface area contributed by atoms with Crippen molar-refractivity contribution in [3.05, 3.63) is 69.8 Å². The van der Waals surface area contributed by atoms with E-state index in [9.17, 15) is 14.9 Å². The molecule has 0 saturated carbocycles. The Balaban J connectivity index is 1.88. The number of benzene rings is 2. The highest BCUT2D eigenvalue weighted by Gasteiger charge is 2.35. The van der Waals surface area contributed by atoms with E-state index in [1.165, 1.54) is 12.1 Å². The van der Waals surface area contributed by atoms with E-state index in [2.05, 4.69) is 12.2 Å². The Morgan fingerprint density at radius 2 is 1.88 bits per heavy atom. The van der Waals surface area contributed by atoms with Crippen LogP contribution in [0.1, 0.15) is 41.9 Å². The number of hydrogen-bond donors (Lipinski definition) is 1. The average molecular weight is 325 g/mol. The van der Waals surface area contributed by atoms with Crippen LogP contribution in [-0.2, 0) is 0 Å². The second-order valence-electron chi connectivity index (χ2n) is 5.79. The van der Waals surface area contributed by atoms with Gasteiger partial charge >= 0.3 is 0 Å². The third kappa shape index (κ3) is 2.95. The van der Waals surface area contributed by atoms with Gasteiger partial charge in [-0.25, -0.2) is 0 Å². The van der Waals surface area contributed by atoms with Crippen LogP contribution >= 0.6 is 0 Å². The summed E-state index contributed by atoms with van der Waals surface area (Å²) in [6.45, 7) is 2.76. The number of carbonyl (C=O) groups excluding carboxylic acids is 1. The molecule has 2 aromatic rings. The maximum Gasteiger partial charge on any atom is 0.269 e. The van der Waals surface area contributed by atoms with Gasteiger partial charge in [0, 0.05) is 35.5 Å². The molecule has 6 heteroatoms. The largest absolute Gasteiger partial charge is 0.361 e. The predicted molar refractivity (Wildman–Crippen MR) is 91.8 cm³/mol. The maximum absolute atomic E-state index is 12.6. The normalized spacial score (nSPS) is 16.1. The molecule has 6 nitrogen and oxygen atoms in total. The number of nitro groups is 1. The maximum atomic E-state index is 12.6. The van der Waals surface area contributed by atoms with E-state index in [-0.39, 0.29) is 17.8 Å². The van der Waals surface area contributed by atoms with Crippen LogP contribution in [0.3, 0.4) is 0 Å². The fourth-order valence-electron chi connectivity index (χ4n) is 2.92. The molecular formula is C18H19N3O3. The number of rotatable bonds is 6. The van der Waals surface area contributed by atoms with Gasteiger partial charge in [-0.1, -0.05) is 31.5 Å². The van der Waals surface area contributed by atoms with Crippen LogP contribution in [0.2, 0.25) is 0 Å². The molecule has 2 aromatic carbocycles. The van der Waals surface area contributed by atoms with Gasteiger partial charge in [-0.2, -0.15) is 0 Å². The number of carbonyl (C=O) groups is 1. The highest BCUT2D eigenvalue weighted by atomic mass is 16.6. The second kappa shape index (κ2) is 6.70. The van der Waals surface area contributed by atoms with Crippen molar-refractivity contribution in [2.24, 2.45) is 0 Å². The minimum Gasteiger partial charge on any atom is -0.361 e. The molecule has 0 saturated heterocycles. The second-order valence-corrected chi connectivity index (χ2v) is 5.79. The summed E-state index contributed by atoms with van der Waals surface area (Å²) in [5.41, 5.74) is 2.45. The average Bonchev–Trinajstić information content (AvgIpc) is 2.86. The minimum atomic E-state index is -0.425. The van der Waals surface area contributed by atoms with Gasteiger partial charge in [0.1, 0.15) is 6.17 Å². The first-order chi connectivity index (χ1) is 11.6. The lowest BCUT2D eigenvalue weighted by Gasteiger charge is -2.27. The van der Waals surface area contributed by atoms with Crippen LogP contribution in [0.25, 0.3) is 0 Å². The Morgan fingerprint density at radius 3 is 2.54 bits per heavy atom. The third-order valence-electron chi connectivity index (χ3n) is 4.19. The summed E-state index contributed by atoms with van der Waals surface area (Å²) in [6, 6.07) is 13.8. The predicted octanol–water partition coefficient (Wildman–Crippen LogP) is 3.96. The number of nitrogens with zero attached hydrogens (tertiary/aromatic N) is 2. The first-order valence-corrected chi connectivity index (χ1v) is 8.02. The molecule has 0 bridgehead atoms. The molecule has 24 heavy (non-hydrogen) atoms. The fourth-order valence-corrected chi connectivity index (χ4v) is 2.92. The third-order valence-corrected chi connectivity index (χ3v) is 4.19. The molecule has 1 amide bonds. The Hall–Kier alpha value is -2.89. The van der Waals surface area contributed by atoms with E-state index >= 15 is 0 Å². The van der Waals surface area contributed by atoms with Crippen LogP contribution in [0.5, 0.6) is 0 Å². The molecular weight excluding hydrogens is 306 g/mol. The summed E-state index contributed by atoms with van der Waals surface area (Å²) in [7, 11) is 0. The zero-order valence-electron chi connectivity index (χ0n) is 13.4. The van der Waals surface area contributed by atoms with Gasteiger partial charge in [0.15, 0.2) is 0 Å². The monoisotopic (exact) mass is 325 g/mol. The van der Waals surface area contributed by atoms with Crippen LogP contribution in [-0.4, -0.2) is 22.3 Å². The SMILES string of the molecule is CCCCN1C(=O)c2ccccc2C1Nc1ccc([N+](=O)[O-])cc1. The zero-order valence-corrected chi connectivity index (χ0v) is 13.4. The van der Waals surface area contributed by atoms with Crippen molar-refractivity contribution in [3.63, 3.8) is 0 Å². The number of nitro benzene ring substituents is 1. The number of nitrogens with one attached hydrogen (secondary N) is 1. The lowest BCUT2D eigenvalue weighted by Crippen LogP contribution is -2.33. The number of fused-ring (bicyclic) bond motifs is 1.